The maximum Gasteiger partial charge on any atom is 0.278 e. The summed E-state index contributed by atoms with van der Waals surface area (Å²) in [6.07, 6.45) is 10.5. The summed E-state index contributed by atoms with van der Waals surface area (Å²) in [5.41, 5.74) is 7.16. The molecule has 1 amide bonds. The number of aliphatic hydroxyl groups excluding tert-OH is 1. The summed E-state index contributed by atoms with van der Waals surface area (Å²) >= 11 is 0. The van der Waals surface area contributed by atoms with E-state index in [1.165, 1.54) is 61.9 Å². The first kappa shape index (κ1) is 22.8. The van der Waals surface area contributed by atoms with Crippen LogP contribution in [0.3, 0.4) is 0 Å². The molecule has 0 bridgehead atoms. The molecule has 0 unspecified atom stereocenters. The highest BCUT2D eigenvalue weighted by Crippen LogP contribution is 2.54. The number of aliphatic imine (C=N–C) groups is 1. The molecule has 2 heterocycles. The Bertz CT molecular complexity index is 1150. The lowest BCUT2D eigenvalue weighted by molar-refractivity contribution is -0.0464. The molecule has 2 aliphatic carbocycles. The van der Waals surface area contributed by atoms with Crippen molar-refractivity contribution in [1.82, 2.24) is 0 Å². The smallest absolute Gasteiger partial charge is 0.278 e. The molecule has 1 N–H and O–H groups in total. The number of hydrogen-bond donors (Lipinski definition) is 1. The van der Waals surface area contributed by atoms with Crippen LogP contribution in [0, 0.1) is 12.3 Å². The number of aryl methyl sites for hydroxylation is 1. The van der Waals surface area contributed by atoms with Crippen molar-refractivity contribution >= 4 is 29.7 Å². The first-order chi connectivity index (χ1) is 16.9. The fraction of sp³-hybridized carbons (Fsp3) is 0.533. The molecular weight excluding hydrogens is 434 g/mol. The van der Waals surface area contributed by atoms with Gasteiger partial charge in [0.05, 0.1) is 17.4 Å². The number of rotatable bonds is 3. The average molecular weight is 472 g/mol. The van der Waals surface area contributed by atoms with Crippen LogP contribution in [0.5, 0.6) is 0 Å². The molecular formula is C30H37N3O2. The molecule has 6 rings (SSSR count). The molecule has 5 heteroatoms. The molecule has 184 valence electrons. The third kappa shape index (κ3) is 3.70. The molecule has 0 atom stereocenters. The number of carbonyl (C=O) groups is 1. The van der Waals surface area contributed by atoms with Crippen LogP contribution >= 0.6 is 0 Å². The Balaban J connectivity index is 1.37. The predicted molar refractivity (Wildman–Crippen MR) is 142 cm³/mol. The summed E-state index contributed by atoms with van der Waals surface area (Å²) in [5.74, 6) is -0.246. The lowest BCUT2D eigenvalue weighted by Crippen LogP contribution is -2.49. The maximum atomic E-state index is 12.8. The molecule has 3 fully saturated rings. The van der Waals surface area contributed by atoms with E-state index in [1.807, 2.05) is 19.1 Å². The second-order valence-electron chi connectivity index (χ2n) is 11.6. The van der Waals surface area contributed by atoms with Gasteiger partial charge in [-0.05, 0) is 93.0 Å². The standard InChI is InChI=1S/C30H37N3O2/c1-21-7-6-8-26(27(21)28(35)31-2)33-20-30(11-4-3-5-12-30)24-17-22(9-10-25(24)33)32-15-13-29(14-16-32)18-23(34)19-29/h6-10,17,23,34H,2-5,11-16,18-20H2,1H3. The highest BCUT2D eigenvalue weighted by atomic mass is 16.3. The van der Waals surface area contributed by atoms with E-state index in [0.717, 1.165) is 43.7 Å². The summed E-state index contributed by atoms with van der Waals surface area (Å²) in [6.45, 7) is 8.58. The third-order valence-corrected chi connectivity index (χ3v) is 9.54. The van der Waals surface area contributed by atoms with Gasteiger partial charge in [-0.1, -0.05) is 31.4 Å². The van der Waals surface area contributed by atoms with Crippen molar-refractivity contribution in [1.29, 1.82) is 0 Å². The van der Waals surface area contributed by atoms with E-state index < -0.39 is 0 Å². The second kappa shape index (κ2) is 8.48. The Labute approximate surface area is 208 Å². The Kier molecular flexibility index (Phi) is 5.52. The second-order valence-corrected chi connectivity index (χ2v) is 11.6. The highest BCUT2D eigenvalue weighted by Gasteiger charge is 2.47. The van der Waals surface area contributed by atoms with Crippen molar-refractivity contribution in [2.24, 2.45) is 10.4 Å². The number of anilines is 3. The fourth-order valence-electron chi connectivity index (χ4n) is 7.55. The molecule has 2 aromatic rings. The zero-order valence-electron chi connectivity index (χ0n) is 20.9. The number of nitrogens with zero attached hydrogens (tertiary/aromatic N) is 3. The molecule has 35 heavy (non-hydrogen) atoms. The van der Waals surface area contributed by atoms with Gasteiger partial charge in [0, 0.05) is 36.4 Å². The number of hydrogen-bond acceptors (Lipinski definition) is 4. The van der Waals surface area contributed by atoms with E-state index in [1.54, 1.807) is 0 Å². The van der Waals surface area contributed by atoms with Gasteiger partial charge >= 0.3 is 0 Å². The lowest BCUT2D eigenvalue weighted by atomic mass is 9.61. The van der Waals surface area contributed by atoms with Crippen molar-refractivity contribution in [2.75, 3.05) is 29.4 Å². The molecule has 2 saturated carbocycles. The van der Waals surface area contributed by atoms with E-state index in [-0.39, 0.29) is 17.4 Å². The van der Waals surface area contributed by atoms with E-state index >= 15 is 0 Å². The average Bonchev–Trinajstić information content (AvgIpc) is 3.16. The number of benzene rings is 2. The Morgan fingerprint density at radius 3 is 2.46 bits per heavy atom. The van der Waals surface area contributed by atoms with Crippen LogP contribution in [0.1, 0.15) is 79.3 Å². The minimum atomic E-state index is -0.246. The van der Waals surface area contributed by atoms with Gasteiger partial charge in [0.15, 0.2) is 0 Å². The van der Waals surface area contributed by atoms with Crippen LogP contribution in [0.2, 0.25) is 0 Å². The molecule has 0 aromatic heterocycles. The van der Waals surface area contributed by atoms with Gasteiger partial charge in [-0.15, -0.1) is 0 Å². The van der Waals surface area contributed by atoms with Crippen molar-refractivity contribution < 1.29 is 9.90 Å². The molecule has 2 aromatic carbocycles. The summed E-state index contributed by atoms with van der Waals surface area (Å²) < 4.78 is 0. The van der Waals surface area contributed by atoms with Gasteiger partial charge in [-0.2, -0.15) is 0 Å². The molecule has 4 aliphatic rings. The SMILES string of the molecule is C=NC(=O)c1c(C)cccc1N1CC2(CCCCC2)c2cc(N3CCC4(CC3)CC(O)C4)ccc21. The fourth-order valence-corrected chi connectivity index (χ4v) is 7.55. The molecule has 0 radical (unpaired) electrons. The van der Waals surface area contributed by atoms with Crippen LogP contribution in [0.25, 0.3) is 0 Å². The number of amides is 1. The molecule has 2 spiro atoms. The zero-order valence-corrected chi connectivity index (χ0v) is 20.9. The van der Waals surface area contributed by atoms with Gasteiger partial charge in [0.25, 0.3) is 5.91 Å². The van der Waals surface area contributed by atoms with E-state index in [9.17, 15) is 9.90 Å². The lowest BCUT2D eigenvalue weighted by Gasteiger charge is -2.51. The quantitative estimate of drug-likeness (QED) is 0.564. The van der Waals surface area contributed by atoms with Gasteiger partial charge < -0.3 is 14.9 Å². The van der Waals surface area contributed by atoms with Crippen molar-refractivity contribution in [3.05, 3.63) is 53.1 Å². The molecule has 1 saturated heterocycles. The monoisotopic (exact) mass is 471 g/mol. The van der Waals surface area contributed by atoms with Gasteiger partial charge in [0.2, 0.25) is 0 Å². The van der Waals surface area contributed by atoms with Gasteiger partial charge in [0.1, 0.15) is 0 Å². The van der Waals surface area contributed by atoms with Crippen LogP contribution in [-0.4, -0.2) is 43.5 Å². The third-order valence-electron chi connectivity index (χ3n) is 9.54. The maximum absolute atomic E-state index is 12.8. The molecule has 2 aliphatic heterocycles. The first-order valence-corrected chi connectivity index (χ1v) is 13.4. The van der Waals surface area contributed by atoms with Crippen LogP contribution in [-0.2, 0) is 5.41 Å². The minimum absolute atomic E-state index is 0.0756. The number of carbonyl (C=O) groups excluding carboxylic acids is 1. The predicted octanol–water partition coefficient (Wildman–Crippen LogP) is 5.93. The number of aliphatic hydroxyl groups is 1. The largest absolute Gasteiger partial charge is 0.393 e. The van der Waals surface area contributed by atoms with E-state index in [0.29, 0.717) is 11.0 Å². The van der Waals surface area contributed by atoms with Crippen LogP contribution in [0.15, 0.2) is 41.4 Å². The van der Waals surface area contributed by atoms with E-state index in [4.69, 9.17) is 0 Å². The first-order valence-electron chi connectivity index (χ1n) is 13.4. The highest BCUT2D eigenvalue weighted by molar-refractivity contribution is 6.04. The number of fused-ring (bicyclic) bond motifs is 2. The minimum Gasteiger partial charge on any atom is -0.393 e. The normalized spacial score (nSPS) is 22.8. The van der Waals surface area contributed by atoms with Crippen molar-refractivity contribution in [3.8, 4) is 0 Å². The van der Waals surface area contributed by atoms with Gasteiger partial charge in [-0.25, -0.2) is 4.99 Å². The van der Waals surface area contributed by atoms with Crippen molar-refractivity contribution in [3.63, 3.8) is 0 Å². The molecule has 5 nitrogen and oxygen atoms in total. The summed E-state index contributed by atoms with van der Waals surface area (Å²) in [7, 11) is 0. The van der Waals surface area contributed by atoms with Crippen LogP contribution < -0.4 is 9.80 Å². The number of piperidine rings is 1. The summed E-state index contributed by atoms with van der Waals surface area (Å²) in [5, 5.41) is 9.85. The topological polar surface area (TPSA) is 56.1 Å². The Morgan fingerprint density at radius 2 is 1.77 bits per heavy atom. The zero-order chi connectivity index (χ0) is 24.2. The van der Waals surface area contributed by atoms with E-state index in [2.05, 4.69) is 45.8 Å². The van der Waals surface area contributed by atoms with Crippen molar-refractivity contribution in [2.45, 2.75) is 76.2 Å². The van der Waals surface area contributed by atoms with Crippen LogP contribution in [0.4, 0.5) is 17.1 Å². The summed E-state index contributed by atoms with van der Waals surface area (Å²) in [6, 6.07) is 13.2. The summed E-state index contributed by atoms with van der Waals surface area (Å²) in [4.78, 5) is 21.5. The Hall–Kier alpha value is -2.66. The Morgan fingerprint density at radius 1 is 1.03 bits per heavy atom. The van der Waals surface area contributed by atoms with Gasteiger partial charge in [-0.3, -0.25) is 4.79 Å².